The molecule has 0 amide bonds. The Morgan fingerprint density at radius 2 is 2.28 bits per heavy atom. The summed E-state index contributed by atoms with van der Waals surface area (Å²) in [5.41, 5.74) is 3.10. The lowest BCUT2D eigenvalue weighted by atomic mass is 9.97. The molecule has 96 valence electrons. The van der Waals surface area contributed by atoms with Crippen molar-refractivity contribution in [3.63, 3.8) is 0 Å². The van der Waals surface area contributed by atoms with Gasteiger partial charge in [-0.2, -0.15) is 5.26 Å². The molecular weight excluding hydrogens is 288 g/mol. The van der Waals surface area contributed by atoms with E-state index < -0.39 is 0 Å². The van der Waals surface area contributed by atoms with Gasteiger partial charge in [0.1, 0.15) is 6.07 Å². The van der Waals surface area contributed by atoms with Crippen LogP contribution >= 0.6 is 15.9 Å². The normalized spacial score (nSPS) is 19.6. The average molecular weight is 307 g/mol. The summed E-state index contributed by atoms with van der Waals surface area (Å²) < 4.78 is 0. The van der Waals surface area contributed by atoms with Crippen molar-refractivity contribution in [3.05, 3.63) is 29.3 Å². The van der Waals surface area contributed by atoms with E-state index in [0.29, 0.717) is 6.04 Å². The summed E-state index contributed by atoms with van der Waals surface area (Å²) in [7, 11) is 0. The Morgan fingerprint density at radius 3 is 2.94 bits per heavy atom. The van der Waals surface area contributed by atoms with Gasteiger partial charge in [0.2, 0.25) is 0 Å². The second-order valence-electron chi connectivity index (χ2n) is 4.85. The summed E-state index contributed by atoms with van der Waals surface area (Å²) in [6.07, 6.45) is 4.96. The topological polar surface area (TPSA) is 27.0 Å². The van der Waals surface area contributed by atoms with E-state index in [0.717, 1.165) is 29.5 Å². The smallest absolute Gasteiger partial charge is 0.101 e. The molecule has 2 nitrogen and oxygen atoms in total. The van der Waals surface area contributed by atoms with Crippen molar-refractivity contribution >= 4 is 21.6 Å². The molecule has 1 atom stereocenters. The number of halogens is 1. The number of hydrogen-bond donors (Lipinski definition) is 0. The number of rotatable bonds is 3. The molecule has 0 aliphatic carbocycles. The first-order valence-corrected chi connectivity index (χ1v) is 7.78. The summed E-state index contributed by atoms with van der Waals surface area (Å²) >= 11 is 3.44. The Bertz CT molecular complexity index is 450. The molecule has 1 aliphatic heterocycles. The summed E-state index contributed by atoms with van der Waals surface area (Å²) in [4.78, 5) is 2.43. The molecule has 3 heteroatoms. The van der Waals surface area contributed by atoms with Gasteiger partial charge in [-0.15, -0.1) is 0 Å². The zero-order valence-corrected chi connectivity index (χ0v) is 12.4. The maximum atomic E-state index is 9.34. The molecule has 2 rings (SSSR count). The van der Waals surface area contributed by atoms with Gasteiger partial charge in [0, 0.05) is 17.9 Å². The van der Waals surface area contributed by atoms with Gasteiger partial charge >= 0.3 is 0 Å². The fourth-order valence-corrected chi connectivity index (χ4v) is 3.10. The van der Waals surface area contributed by atoms with Crippen LogP contribution in [0.4, 0.5) is 5.69 Å². The van der Waals surface area contributed by atoms with Crippen LogP contribution in [0.5, 0.6) is 0 Å². The molecule has 18 heavy (non-hydrogen) atoms. The van der Waals surface area contributed by atoms with E-state index in [1.54, 1.807) is 0 Å². The molecule has 1 heterocycles. The average Bonchev–Trinajstić information content (AvgIpc) is 2.46. The number of benzene rings is 1. The highest BCUT2D eigenvalue weighted by Gasteiger charge is 2.23. The maximum Gasteiger partial charge on any atom is 0.101 e. The van der Waals surface area contributed by atoms with Crippen LogP contribution in [0.2, 0.25) is 0 Å². The minimum absolute atomic E-state index is 0.598. The Kier molecular flexibility index (Phi) is 4.66. The third-order valence-corrected chi connectivity index (χ3v) is 4.39. The van der Waals surface area contributed by atoms with E-state index in [9.17, 15) is 5.26 Å². The first-order chi connectivity index (χ1) is 8.80. The van der Waals surface area contributed by atoms with Gasteiger partial charge < -0.3 is 4.90 Å². The van der Waals surface area contributed by atoms with Crippen LogP contribution in [0.15, 0.2) is 18.2 Å². The quantitative estimate of drug-likeness (QED) is 0.782. The molecule has 1 unspecified atom stereocenters. The third-order valence-electron chi connectivity index (χ3n) is 3.74. The zero-order valence-electron chi connectivity index (χ0n) is 10.8. The van der Waals surface area contributed by atoms with Crippen LogP contribution in [0.1, 0.15) is 43.7 Å². The molecule has 1 fully saturated rings. The van der Waals surface area contributed by atoms with Gasteiger partial charge in [-0.3, -0.25) is 0 Å². The SMILES string of the molecule is CCC1CCCCN1c1ccc(CBr)cc1C#N. The van der Waals surface area contributed by atoms with Crippen molar-refractivity contribution in [2.45, 2.75) is 44.0 Å². The molecule has 1 aliphatic rings. The summed E-state index contributed by atoms with van der Waals surface area (Å²) in [6.45, 7) is 3.32. The fourth-order valence-electron chi connectivity index (χ4n) is 2.75. The molecule has 1 saturated heterocycles. The van der Waals surface area contributed by atoms with Crippen molar-refractivity contribution in [1.82, 2.24) is 0 Å². The molecule has 0 spiro atoms. The first kappa shape index (κ1) is 13.4. The minimum Gasteiger partial charge on any atom is -0.367 e. The standard InChI is InChI=1S/C15H19BrN2/c1-2-14-5-3-4-8-18(14)15-7-6-12(10-16)9-13(15)11-17/h6-7,9,14H,2-5,8,10H2,1H3. The number of nitriles is 1. The first-order valence-electron chi connectivity index (χ1n) is 6.65. The number of anilines is 1. The summed E-state index contributed by atoms with van der Waals surface area (Å²) in [6, 6.07) is 9.18. The van der Waals surface area contributed by atoms with Crippen LogP contribution in [0.3, 0.4) is 0 Å². The zero-order chi connectivity index (χ0) is 13.0. The second-order valence-corrected chi connectivity index (χ2v) is 5.41. The van der Waals surface area contributed by atoms with Crippen LogP contribution in [0.25, 0.3) is 0 Å². The van der Waals surface area contributed by atoms with E-state index in [1.165, 1.54) is 24.8 Å². The molecule has 0 saturated carbocycles. The highest BCUT2D eigenvalue weighted by Crippen LogP contribution is 2.30. The van der Waals surface area contributed by atoms with Crippen molar-refractivity contribution in [2.24, 2.45) is 0 Å². The summed E-state index contributed by atoms with van der Waals surface area (Å²) in [5.74, 6) is 0. The second kappa shape index (κ2) is 6.24. The van der Waals surface area contributed by atoms with Gasteiger partial charge in [0.15, 0.2) is 0 Å². The molecule has 0 radical (unpaired) electrons. The van der Waals surface area contributed by atoms with E-state index in [2.05, 4.69) is 46.0 Å². The Hall–Kier alpha value is -1.01. The Labute approximate surface area is 118 Å². The Morgan fingerprint density at radius 1 is 1.44 bits per heavy atom. The molecule has 0 N–H and O–H groups in total. The van der Waals surface area contributed by atoms with Crippen molar-refractivity contribution in [1.29, 1.82) is 5.26 Å². The maximum absolute atomic E-state index is 9.34. The van der Waals surface area contributed by atoms with Crippen LogP contribution in [-0.2, 0) is 5.33 Å². The third kappa shape index (κ3) is 2.70. The lowest BCUT2D eigenvalue weighted by Gasteiger charge is -2.37. The van der Waals surface area contributed by atoms with Gasteiger partial charge in [0.05, 0.1) is 11.3 Å². The largest absolute Gasteiger partial charge is 0.367 e. The monoisotopic (exact) mass is 306 g/mol. The van der Waals surface area contributed by atoms with Gasteiger partial charge in [-0.1, -0.05) is 28.9 Å². The van der Waals surface area contributed by atoms with Gasteiger partial charge in [-0.05, 0) is 43.4 Å². The molecule has 0 bridgehead atoms. The number of alkyl halides is 1. The van der Waals surface area contributed by atoms with Crippen molar-refractivity contribution in [3.8, 4) is 6.07 Å². The van der Waals surface area contributed by atoms with Crippen molar-refractivity contribution < 1.29 is 0 Å². The van der Waals surface area contributed by atoms with Crippen molar-refractivity contribution in [2.75, 3.05) is 11.4 Å². The Balaban J connectivity index is 2.34. The van der Waals surface area contributed by atoms with Crippen LogP contribution in [0, 0.1) is 11.3 Å². The lowest BCUT2D eigenvalue weighted by Crippen LogP contribution is -2.39. The van der Waals surface area contributed by atoms with E-state index in [1.807, 2.05) is 6.07 Å². The van der Waals surface area contributed by atoms with E-state index in [-0.39, 0.29) is 0 Å². The highest BCUT2D eigenvalue weighted by molar-refractivity contribution is 9.08. The predicted molar refractivity (Wildman–Crippen MR) is 79.1 cm³/mol. The lowest BCUT2D eigenvalue weighted by molar-refractivity contribution is 0.450. The molecular formula is C15H19BrN2. The van der Waals surface area contributed by atoms with Gasteiger partial charge in [-0.25, -0.2) is 0 Å². The number of piperidine rings is 1. The van der Waals surface area contributed by atoms with E-state index in [4.69, 9.17) is 0 Å². The molecule has 1 aromatic carbocycles. The predicted octanol–water partition coefficient (Wildman–Crippen LogP) is 4.22. The van der Waals surface area contributed by atoms with E-state index >= 15 is 0 Å². The molecule has 0 aromatic heterocycles. The molecule has 1 aromatic rings. The summed E-state index contributed by atoms with van der Waals surface area (Å²) in [5, 5.41) is 10.1. The van der Waals surface area contributed by atoms with Gasteiger partial charge in [0.25, 0.3) is 0 Å². The highest BCUT2D eigenvalue weighted by atomic mass is 79.9. The number of nitrogens with zero attached hydrogens (tertiary/aromatic N) is 2. The fraction of sp³-hybridized carbons (Fsp3) is 0.533. The van der Waals surface area contributed by atoms with Crippen LogP contribution in [-0.4, -0.2) is 12.6 Å². The minimum atomic E-state index is 0.598. The van der Waals surface area contributed by atoms with Crippen LogP contribution < -0.4 is 4.90 Å². The number of hydrogen-bond acceptors (Lipinski definition) is 2.